The summed E-state index contributed by atoms with van der Waals surface area (Å²) in [6.45, 7) is 2.75. The molecule has 0 saturated carbocycles. The third kappa shape index (κ3) is 4.64. The van der Waals surface area contributed by atoms with Crippen molar-refractivity contribution in [3.8, 4) is 5.75 Å². The molecule has 5 rings (SSSR count). The number of carbonyl (C=O) groups excluding carboxylic acids is 1. The second-order valence-electron chi connectivity index (χ2n) is 8.99. The van der Waals surface area contributed by atoms with Crippen molar-refractivity contribution in [1.82, 2.24) is 5.32 Å². The lowest BCUT2D eigenvalue weighted by atomic mass is 9.83. The van der Waals surface area contributed by atoms with Crippen LogP contribution in [0.4, 0.5) is 4.39 Å². The Kier molecular flexibility index (Phi) is 6.51. The van der Waals surface area contributed by atoms with Crippen LogP contribution < -0.4 is 10.1 Å². The molecule has 1 aliphatic heterocycles. The molecule has 0 saturated heterocycles. The summed E-state index contributed by atoms with van der Waals surface area (Å²) >= 11 is 0. The minimum atomic E-state index is -0.478. The fourth-order valence-corrected chi connectivity index (χ4v) is 5.01. The van der Waals surface area contributed by atoms with E-state index in [-0.39, 0.29) is 23.9 Å². The van der Waals surface area contributed by atoms with Gasteiger partial charge in [0.2, 0.25) is 0 Å². The van der Waals surface area contributed by atoms with Crippen LogP contribution in [0.25, 0.3) is 10.8 Å². The fraction of sp³-hybridized carbons (Fsp3) is 0.233. The van der Waals surface area contributed by atoms with Gasteiger partial charge in [-0.15, -0.1) is 0 Å². The first-order chi connectivity index (χ1) is 17.0. The van der Waals surface area contributed by atoms with Gasteiger partial charge in [-0.25, -0.2) is 9.18 Å². The number of esters is 1. The summed E-state index contributed by atoms with van der Waals surface area (Å²) in [4.78, 5) is 12.1. The lowest BCUT2D eigenvalue weighted by Gasteiger charge is -2.33. The molecule has 0 amide bonds. The molecule has 4 aromatic carbocycles. The number of para-hydroxylation sites is 1. The van der Waals surface area contributed by atoms with Crippen LogP contribution in [0.5, 0.6) is 5.75 Å². The van der Waals surface area contributed by atoms with E-state index in [1.165, 1.54) is 35.6 Å². The molecule has 3 unspecified atom stereocenters. The second-order valence-corrected chi connectivity index (χ2v) is 8.99. The lowest BCUT2D eigenvalue weighted by Crippen LogP contribution is -2.37. The van der Waals surface area contributed by atoms with E-state index >= 15 is 4.39 Å². The Hall–Kier alpha value is -3.70. The van der Waals surface area contributed by atoms with Crippen molar-refractivity contribution in [2.24, 2.45) is 0 Å². The fourth-order valence-electron chi connectivity index (χ4n) is 5.01. The highest BCUT2D eigenvalue weighted by Crippen LogP contribution is 2.41. The van der Waals surface area contributed by atoms with Crippen molar-refractivity contribution >= 4 is 16.7 Å². The zero-order valence-corrected chi connectivity index (χ0v) is 19.8. The lowest BCUT2D eigenvalue weighted by molar-refractivity contribution is 0.0600. The van der Waals surface area contributed by atoms with E-state index in [1.807, 2.05) is 30.3 Å². The molecule has 1 N–H and O–H groups in total. The minimum Gasteiger partial charge on any atom is -0.489 e. The van der Waals surface area contributed by atoms with Gasteiger partial charge >= 0.3 is 5.97 Å². The third-order valence-corrected chi connectivity index (χ3v) is 6.82. The molecule has 0 radical (unpaired) electrons. The molecular weight excluding hydrogens is 441 g/mol. The van der Waals surface area contributed by atoms with E-state index in [9.17, 15) is 4.79 Å². The summed E-state index contributed by atoms with van der Waals surface area (Å²) in [6.07, 6.45) is 0.432. The predicted octanol–water partition coefficient (Wildman–Crippen LogP) is 6.40. The van der Waals surface area contributed by atoms with Crippen molar-refractivity contribution in [3.63, 3.8) is 0 Å². The predicted molar refractivity (Wildman–Crippen MR) is 135 cm³/mol. The molecule has 3 atom stereocenters. The molecule has 1 aliphatic rings. The average molecular weight is 470 g/mol. The Balaban J connectivity index is 1.40. The van der Waals surface area contributed by atoms with Crippen LogP contribution in [0.15, 0.2) is 84.9 Å². The topological polar surface area (TPSA) is 47.6 Å². The van der Waals surface area contributed by atoms with Gasteiger partial charge in [0, 0.05) is 24.1 Å². The number of benzene rings is 4. The van der Waals surface area contributed by atoms with Crippen LogP contribution in [0.3, 0.4) is 0 Å². The maximum atomic E-state index is 15.0. The normalized spacial score (nSPS) is 17.9. The first-order valence-corrected chi connectivity index (χ1v) is 11.9. The number of hydrogen-bond donors (Lipinski definition) is 1. The number of fused-ring (bicyclic) bond motifs is 2. The van der Waals surface area contributed by atoms with Crippen LogP contribution in [-0.2, 0) is 4.74 Å². The molecule has 5 heteroatoms. The van der Waals surface area contributed by atoms with Crippen LogP contribution in [0.1, 0.15) is 52.4 Å². The SMILES string of the molecule is COC(=O)c1ccc(F)c(C2CC(CNC(C)c3cccc4ccccc34)Oc3ccccc32)c1. The first kappa shape index (κ1) is 23.1. The van der Waals surface area contributed by atoms with Gasteiger partial charge in [-0.05, 0) is 59.5 Å². The Morgan fingerprint density at radius 2 is 1.80 bits per heavy atom. The highest BCUT2D eigenvalue weighted by atomic mass is 19.1. The molecular formula is C30H28FNO3. The van der Waals surface area contributed by atoms with E-state index in [0.29, 0.717) is 24.1 Å². The van der Waals surface area contributed by atoms with Gasteiger partial charge in [-0.2, -0.15) is 0 Å². The van der Waals surface area contributed by atoms with Gasteiger partial charge in [0.05, 0.1) is 12.7 Å². The molecule has 0 aliphatic carbocycles. The molecule has 35 heavy (non-hydrogen) atoms. The van der Waals surface area contributed by atoms with Crippen LogP contribution in [-0.4, -0.2) is 25.7 Å². The van der Waals surface area contributed by atoms with Gasteiger partial charge in [0.15, 0.2) is 0 Å². The van der Waals surface area contributed by atoms with Crippen molar-refractivity contribution in [2.45, 2.75) is 31.4 Å². The van der Waals surface area contributed by atoms with Crippen LogP contribution in [0.2, 0.25) is 0 Å². The van der Waals surface area contributed by atoms with Gasteiger partial charge in [-0.1, -0.05) is 60.7 Å². The summed E-state index contributed by atoms with van der Waals surface area (Å²) in [5, 5.41) is 6.06. The third-order valence-electron chi connectivity index (χ3n) is 6.82. The number of hydrogen-bond acceptors (Lipinski definition) is 4. The summed E-state index contributed by atoms with van der Waals surface area (Å²) in [7, 11) is 1.33. The zero-order valence-electron chi connectivity index (χ0n) is 19.8. The van der Waals surface area contributed by atoms with Crippen LogP contribution >= 0.6 is 0 Å². The molecule has 178 valence electrons. The Morgan fingerprint density at radius 1 is 1.03 bits per heavy atom. The molecule has 0 spiro atoms. The standard InChI is InChI=1S/C30H28FNO3/c1-19(23-12-7-9-20-8-3-4-10-24(20)23)32-18-22-17-26(25-11-5-6-13-29(25)35-22)27-16-21(30(33)34-2)14-15-28(27)31/h3-16,19,22,26,32H,17-18H2,1-2H3. The first-order valence-electron chi connectivity index (χ1n) is 11.9. The average Bonchev–Trinajstić information content (AvgIpc) is 2.90. The molecule has 0 fully saturated rings. The molecule has 4 nitrogen and oxygen atoms in total. The smallest absolute Gasteiger partial charge is 0.337 e. The van der Waals surface area contributed by atoms with Crippen molar-refractivity contribution in [2.75, 3.05) is 13.7 Å². The zero-order chi connectivity index (χ0) is 24.4. The van der Waals surface area contributed by atoms with E-state index in [1.54, 1.807) is 6.07 Å². The number of methoxy groups -OCH3 is 1. The summed E-state index contributed by atoms with van der Waals surface area (Å²) in [5.74, 6) is -0.302. The summed E-state index contributed by atoms with van der Waals surface area (Å²) in [5.41, 5.74) is 2.97. The van der Waals surface area contributed by atoms with Crippen molar-refractivity contribution in [1.29, 1.82) is 0 Å². The number of carbonyl (C=O) groups is 1. The van der Waals surface area contributed by atoms with E-state index < -0.39 is 5.97 Å². The maximum Gasteiger partial charge on any atom is 0.337 e. The highest BCUT2D eigenvalue weighted by molar-refractivity contribution is 5.89. The monoisotopic (exact) mass is 469 g/mol. The quantitative estimate of drug-likeness (QED) is 0.332. The van der Waals surface area contributed by atoms with Gasteiger partial charge in [0.25, 0.3) is 0 Å². The number of rotatable bonds is 6. The molecule has 0 aromatic heterocycles. The minimum absolute atomic E-state index is 0.111. The van der Waals surface area contributed by atoms with Gasteiger partial charge < -0.3 is 14.8 Å². The molecule has 4 aromatic rings. The van der Waals surface area contributed by atoms with E-state index in [2.05, 4.69) is 48.6 Å². The summed E-state index contributed by atoms with van der Waals surface area (Å²) in [6, 6.07) is 27.0. The van der Waals surface area contributed by atoms with E-state index in [4.69, 9.17) is 9.47 Å². The number of halogens is 1. The number of ether oxygens (including phenoxy) is 2. The summed E-state index contributed by atoms with van der Waals surface area (Å²) < 4.78 is 26.2. The number of nitrogens with one attached hydrogen (secondary N) is 1. The molecule has 0 bridgehead atoms. The van der Waals surface area contributed by atoms with Crippen LogP contribution in [0, 0.1) is 5.82 Å². The Labute approximate surface area is 204 Å². The van der Waals surface area contributed by atoms with E-state index in [0.717, 1.165) is 11.3 Å². The van der Waals surface area contributed by atoms with Crippen molar-refractivity contribution in [3.05, 3.63) is 113 Å². The van der Waals surface area contributed by atoms with Crippen molar-refractivity contribution < 1.29 is 18.7 Å². The maximum absolute atomic E-state index is 15.0. The second kappa shape index (κ2) is 9.88. The molecule has 1 heterocycles. The Morgan fingerprint density at radius 3 is 2.66 bits per heavy atom. The highest BCUT2D eigenvalue weighted by Gasteiger charge is 2.31. The van der Waals surface area contributed by atoms with Gasteiger partial charge in [-0.3, -0.25) is 0 Å². The Bertz CT molecular complexity index is 1360. The van der Waals surface area contributed by atoms with Gasteiger partial charge in [0.1, 0.15) is 17.7 Å². The largest absolute Gasteiger partial charge is 0.489 e.